The highest BCUT2D eigenvalue weighted by Crippen LogP contribution is 2.16. The van der Waals surface area contributed by atoms with Gasteiger partial charge in [-0.2, -0.15) is 4.98 Å². The van der Waals surface area contributed by atoms with E-state index in [4.69, 9.17) is 4.52 Å². The van der Waals surface area contributed by atoms with Crippen LogP contribution in [0.3, 0.4) is 0 Å². The molecule has 0 aliphatic carbocycles. The Bertz CT molecular complexity index is 1040. The van der Waals surface area contributed by atoms with E-state index in [1.54, 1.807) is 6.33 Å². The minimum Gasteiger partial charge on any atom is -0.368 e. The third-order valence-electron chi connectivity index (χ3n) is 3.80. The first-order valence-corrected chi connectivity index (χ1v) is 8.32. The predicted octanol–water partition coefficient (Wildman–Crippen LogP) is 1.52. The van der Waals surface area contributed by atoms with E-state index in [-0.39, 0.29) is 18.9 Å². The standard InChI is InChI=1S/C17H16N8O2/c26-13(6-7-18-15-14-16(21-9-20-14)23-10-22-15)19-8-12-24-17(27-25-12)11-4-2-1-3-5-11/h1-5,9-10H,6-8H2,(H,19,26)(H2,18,20,21,22,23). The zero-order valence-corrected chi connectivity index (χ0v) is 14.2. The SMILES string of the molecule is O=C(CCNc1ncnc2nc[nH]c12)NCc1noc(-c2ccccc2)n1. The third kappa shape index (κ3) is 3.89. The predicted molar refractivity (Wildman–Crippen MR) is 96.4 cm³/mol. The number of anilines is 1. The Balaban J connectivity index is 1.25. The number of amides is 1. The van der Waals surface area contributed by atoms with Gasteiger partial charge >= 0.3 is 0 Å². The van der Waals surface area contributed by atoms with E-state index in [0.29, 0.717) is 35.2 Å². The molecule has 0 unspecified atom stereocenters. The Morgan fingerprint density at radius 3 is 2.93 bits per heavy atom. The van der Waals surface area contributed by atoms with Crippen molar-refractivity contribution in [3.8, 4) is 11.5 Å². The number of carbonyl (C=O) groups is 1. The van der Waals surface area contributed by atoms with Crippen molar-refractivity contribution < 1.29 is 9.32 Å². The quantitative estimate of drug-likeness (QED) is 0.449. The van der Waals surface area contributed by atoms with E-state index in [1.807, 2.05) is 30.3 Å². The highest BCUT2D eigenvalue weighted by atomic mass is 16.5. The van der Waals surface area contributed by atoms with Crippen LogP contribution in [-0.2, 0) is 11.3 Å². The molecular formula is C17H16N8O2. The molecule has 0 aliphatic rings. The summed E-state index contributed by atoms with van der Waals surface area (Å²) >= 11 is 0. The van der Waals surface area contributed by atoms with Crippen molar-refractivity contribution in [2.45, 2.75) is 13.0 Å². The summed E-state index contributed by atoms with van der Waals surface area (Å²) < 4.78 is 5.21. The van der Waals surface area contributed by atoms with Crippen LogP contribution in [0.5, 0.6) is 0 Å². The van der Waals surface area contributed by atoms with Crippen molar-refractivity contribution in [2.24, 2.45) is 0 Å². The summed E-state index contributed by atoms with van der Waals surface area (Å²) in [5.74, 6) is 1.32. The van der Waals surface area contributed by atoms with Crippen molar-refractivity contribution in [1.82, 2.24) is 35.4 Å². The molecule has 136 valence electrons. The Hall–Kier alpha value is -3.82. The summed E-state index contributed by atoms with van der Waals surface area (Å²) in [6, 6.07) is 9.45. The van der Waals surface area contributed by atoms with Crippen LogP contribution in [0.15, 0.2) is 47.5 Å². The number of carbonyl (C=O) groups excluding carboxylic acids is 1. The summed E-state index contributed by atoms with van der Waals surface area (Å²) in [6.45, 7) is 0.617. The van der Waals surface area contributed by atoms with Crippen molar-refractivity contribution in [3.05, 3.63) is 48.8 Å². The molecule has 0 aliphatic heterocycles. The van der Waals surface area contributed by atoms with Crippen molar-refractivity contribution in [3.63, 3.8) is 0 Å². The second-order valence-corrected chi connectivity index (χ2v) is 5.66. The molecule has 4 rings (SSSR count). The molecule has 3 aromatic heterocycles. The molecular weight excluding hydrogens is 348 g/mol. The summed E-state index contributed by atoms with van der Waals surface area (Å²) in [4.78, 5) is 31.5. The second kappa shape index (κ2) is 7.60. The lowest BCUT2D eigenvalue weighted by atomic mass is 10.2. The van der Waals surface area contributed by atoms with Crippen LogP contribution in [-0.4, -0.2) is 42.5 Å². The van der Waals surface area contributed by atoms with Crippen LogP contribution in [0.1, 0.15) is 12.2 Å². The average Bonchev–Trinajstić information content (AvgIpc) is 3.37. The Kier molecular flexibility index (Phi) is 4.68. The lowest BCUT2D eigenvalue weighted by Crippen LogP contribution is -2.25. The van der Waals surface area contributed by atoms with Gasteiger partial charge in [0.1, 0.15) is 11.8 Å². The van der Waals surface area contributed by atoms with Crippen LogP contribution >= 0.6 is 0 Å². The fourth-order valence-electron chi connectivity index (χ4n) is 2.48. The fourth-order valence-corrected chi connectivity index (χ4v) is 2.48. The van der Waals surface area contributed by atoms with Gasteiger partial charge in [-0.05, 0) is 12.1 Å². The van der Waals surface area contributed by atoms with Gasteiger partial charge in [0.15, 0.2) is 17.3 Å². The molecule has 0 saturated heterocycles. The second-order valence-electron chi connectivity index (χ2n) is 5.66. The normalized spacial score (nSPS) is 10.8. The maximum atomic E-state index is 12.0. The smallest absolute Gasteiger partial charge is 0.257 e. The lowest BCUT2D eigenvalue weighted by Gasteiger charge is -2.06. The Morgan fingerprint density at radius 2 is 2.04 bits per heavy atom. The first-order chi connectivity index (χ1) is 13.3. The van der Waals surface area contributed by atoms with Gasteiger partial charge in [-0.3, -0.25) is 4.79 Å². The van der Waals surface area contributed by atoms with Crippen LogP contribution in [0.4, 0.5) is 5.82 Å². The van der Waals surface area contributed by atoms with Gasteiger partial charge in [-0.15, -0.1) is 0 Å². The molecule has 3 N–H and O–H groups in total. The topological polar surface area (TPSA) is 135 Å². The first kappa shape index (κ1) is 16.6. The maximum absolute atomic E-state index is 12.0. The molecule has 0 atom stereocenters. The summed E-state index contributed by atoms with van der Waals surface area (Å²) in [7, 11) is 0. The van der Waals surface area contributed by atoms with Crippen LogP contribution in [0.25, 0.3) is 22.6 Å². The van der Waals surface area contributed by atoms with E-state index in [2.05, 4.69) is 40.7 Å². The number of hydrogen-bond donors (Lipinski definition) is 3. The largest absolute Gasteiger partial charge is 0.368 e. The van der Waals surface area contributed by atoms with Crippen molar-refractivity contribution in [2.75, 3.05) is 11.9 Å². The zero-order valence-electron chi connectivity index (χ0n) is 14.2. The lowest BCUT2D eigenvalue weighted by molar-refractivity contribution is -0.121. The average molecular weight is 364 g/mol. The molecule has 0 spiro atoms. The number of H-pyrrole nitrogens is 1. The summed E-state index contributed by atoms with van der Waals surface area (Å²) in [5.41, 5.74) is 2.11. The highest BCUT2D eigenvalue weighted by Gasteiger charge is 2.10. The van der Waals surface area contributed by atoms with Crippen molar-refractivity contribution >= 4 is 22.9 Å². The number of aromatic amines is 1. The summed E-state index contributed by atoms with van der Waals surface area (Å²) in [6.07, 6.45) is 3.24. The molecule has 0 bridgehead atoms. The monoisotopic (exact) mass is 364 g/mol. The molecule has 0 saturated carbocycles. The van der Waals surface area contributed by atoms with E-state index in [9.17, 15) is 4.79 Å². The molecule has 1 aromatic carbocycles. The molecule has 10 nitrogen and oxygen atoms in total. The molecule has 4 aromatic rings. The third-order valence-corrected chi connectivity index (χ3v) is 3.80. The number of benzene rings is 1. The molecule has 0 fully saturated rings. The highest BCUT2D eigenvalue weighted by molar-refractivity contribution is 5.82. The minimum absolute atomic E-state index is 0.136. The van der Waals surface area contributed by atoms with E-state index < -0.39 is 0 Å². The van der Waals surface area contributed by atoms with Gasteiger partial charge in [-0.1, -0.05) is 23.4 Å². The number of nitrogens with zero attached hydrogens (tertiary/aromatic N) is 5. The van der Waals surface area contributed by atoms with Gasteiger partial charge in [0.25, 0.3) is 5.89 Å². The molecule has 0 radical (unpaired) electrons. The molecule has 27 heavy (non-hydrogen) atoms. The zero-order chi connectivity index (χ0) is 18.5. The number of nitrogens with one attached hydrogen (secondary N) is 3. The van der Waals surface area contributed by atoms with Crippen LogP contribution in [0.2, 0.25) is 0 Å². The van der Waals surface area contributed by atoms with Gasteiger partial charge in [-0.25, -0.2) is 15.0 Å². The van der Waals surface area contributed by atoms with E-state index in [1.165, 1.54) is 6.33 Å². The summed E-state index contributed by atoms with van der Waals surface area (Å²) in [5, 5.41) is 9.74. The number of aromatic nitrogens is 6. The molecule has 3 heterocycles. The number of rotatable bonds is 7. The number of fused-ring (bicyclic) bond motifs is 1. The number of imidazole rings is 1. The molecule has 1 amide bonds. The fraction of sp³-hybridized carbons (Fsp3) is 0.176. The van der Waals surface area contributed by atoms with Gasteiger partial charge in [0.05, 0.1) is 12.9 Å². The van der Waals surface area contributed by atoms with E-state index >= 15 is 0 Å². The van der Waals surface area contributed by atoms with Gasteiger partial charge < -0.3 is 20.1 Å². The first-order valence-electron chi connectivity index (χ1n) is 8.32. The van der Waals surface area contributed by atoms with Gasteiger partial charge in [0, 0.05) is 18.5 Å². The molecule has 10 heteroatoms. The minimum atomic E-state index is -0.136. The van der Waals surface area contributed by atoms with Crippen molar-refractivity contribution in [1.29, 1.82) is 0 Å². The Labute approximate surface area is 153 Å². The van der Waals surface area contributed by atoms with Crippen LogP contribution < -0.4 is 10.6 Å². The maximum Gasteiger partial charge on any atom is 0.257 e. The van der Waals surface area contributed by atoms with E-state index in [0.717, 1.165) is 5.56 Å². The van der Waals surface area contributed by atoms with Gasteiger partial charge in [0.2, 0.25) is 5.91 Å². The van der Waals surface area contributed by atoms with Crippen LogP contribution in [0, 0.1) is 0 Å². The Morgan fingerprint density at radius 1 is 1.15 bits per heavy atom. The number of hydrogen-bond acceptors (Lipinski definition) is 8.